The van der Waals surface area contributed by atoms with Crippen molar-refractivity contribution in [2.24, 2.45) is 10.2 Å². The van der Waals surface area contributed by atoms with Crippen LogP contribution in [0.15, 0.2) is 92.8 Å². The summed E-state index contributed by atoms with van der Waals surface area (Å²) in [7, 11) is -9.01. The number of aromatic hydroxyl groups is 1. The van der Waals surface area contributed by atoms with Crippen LogP contribution >= 0.6 is 23.6 Å². The Morgan fingerprint density at radius 3 is 2.31 bits per heavy atom. The predicted molar refractivity (Wildman–Crippen MR) is 198 cm³/mol. The van der Waals surface area contributed by atoms with Gasteiger partial charge in [0.2, 0.25) is 27.6 Å². The van der Waals surface area contributed by atoms with Crippen LogP contribution in [-0.4, -0.2) is 86.0 Å². The van der Waals surface area contributed by atoms with Crippen LogP contribution in [0.2, 0.25) is 5.28 Å². The van der Waals surface area contributed by atoms with E-state index in [1.807, 2.05) is 4.90 Å². The van der Waals surface area contributed by atoms with Gasteiger partial charge in [-0.25, -0.2) is 16.8 Å². The first-order chi connectivity index (χ1) is 26.8. The Morgan fingerprint density at radius 1 is 0.948 bits per heavy atom. The molecule has 3 N–H and O–H groups in total. The summed E-state index contributed by atoms with van der Waals surface area (Å²) in [5.74, 6) is -0.992. The number of fused-ring (bicyclic) bond motifs is 1. The molecule has 1 aromatic heterocycles. The molecule has 1 saturated heterocycles. The summed E-state index contributed by atoms with van der Waals surface area (Å²) in [5.41, 5.74) is 1.24. The van der Waals surface area contributed by atoms with Crippen molar-refractivity contribution in [3.63, 3.8) is 0 Å². The zero-order valence-electron chi connectivity index (χ0n) is 30.4. The Kier molecular flexibility index (Phi) is 17.6. The predicted octanol–water partition coefficient (Wildman–Crippen LogP) is -1.88. The quantitative estimate of drug-likeness (QED) is 0.0197. The van der Waals surface area contributed by atoms with Crippen molar-refractivity contribution in [2.75, 3.05) is 54.2 Å². The van der Waals surface area contributed by atoms with Gasteiger partial charge in [0.15, 0.2) is 15.6 Å². The van der Waals surface area contributed by atoms with Crippen LogP contribution in [0.4, 0.5) is 34.6 Å². The number of rotatable bonds is 15. The minimum atomic E-state index is -5.04. The van der Waals surface area contributed by atoms with Crippen molar-refractivity contribution in [1.29, 1.82) is 0 Å². The fourth-order valence-electron chi connectivity index (χ4n) is 5.17. The second kappa shape index (κ2) is 21.4. The van der Waals surface area contributed by atoms with Crippen LogP contribution in [0, 0.1) is 0 Å². The number of nitrogens with one attached hydrogen (secondary N) is 2. The number of carbonyl (C=O) groups is 1. The number of amides is 1. The normalized spacial score (nSPS) is 13.2. The number of hydrogen-bond acceptors (Lipinski definition) is 20. The number of morpholine rings is 1. The van der Waals surface area contributed by atoms with Gasteiger partial charge in [0.25, 0.3) is 5.91 Å². The molecule has 20 nitrogen and oxygen atoms in total. The van der Waals surface area contributed by atoms with Gasteiger partial charge >= 0.3 is 59.1 Å². The molecule has 0 spiro atoms. The van der Waals surface area contributed by atoms with Crippen LogP contribution in [0.5, 0.6) is 5.75 Å². The van der Waals surface area contributed by atoms with E-state index in [0.717, 1.165) is 0 Å². The van der Waals surface area contributed by atoms with Gasteiger partial charge in [-0.05, 0) is 89.8 Å². The van der Waals surface area contributed by atoms with E-state index in [1.54, 1.807) is 24.3 Å². The maximum atomic E-state index is 12.9. The summed E-state index contributed by atoms with van der Waals surface area (Å²) in [4.78, 5) is 27.6. The van der Waals surface area contributed by atoms with Gasteiger partial charge in [0.05, 0.1) is 53.1 Å². The largest absolute Gasteiger partial charge is 1.00 e. The summed E-state index contributed by atoms with van der Waals surface area (Å²) in [6.45, 7) is 1.40. The zero-order chi connectivity index (χ0) is 39.9. The van der Waals surface area contributed by atoms with Crippen LogP contribution < -0.4 is 79.9 Å². The molecule has 0 atom stereocenters. The molecule has 2 heterocycles. The number of nitrogens with zero attached hydrogens (tertiary/aromatic N) is 6. The van der Waals surface area contributed by atoms with Crippen LogP contribution in [0.25, 0.3) is 10.8 Å². The average molecular weight is 893 g/mol. The van der Waals surface area contributed by atoms with E-state index in [2.05, 4.69) is 49.4 Å². The molecule has 1 fully saturated rings. The van der Waals surface area contributed by atoms with Gasteiger partial charge in [0.1, 0.15) is 5.69 Å². The molecule has 1 aliphatic rings. The SMILES string of the molecule is O=C(Nc1ccc(S(=O)(=O)CCOS(=O)(=O)[O-])cc1)c1ccc(N=Nc2c(SOO[O-])cc3cc(Nc4nc(Cl)nc(N5CCOCC5)n4)ccc3c2O)cc1.[Na+].[Na+]. The average Bonchev–Trinajstić information content (AvgIpc) is 3.16. The number of phenolic OH excluding ortho intramolecular Hbond substituents is 1. The molecule has 26 heteroatoms. The van der Waals surface area contributed by atoms with Gasteiger partial charge in [-0.2, -0.15) is 24.4 Å². The maximum absolute atomic E-state index is 12.9. The van der Waals surface area contributed by atoms with E-state index in [4.69, 9.17) is 16.3 Å². The van der Waals surface area contributed by atoms with E-state index in [-0.39, 0.29) is 109 Å². The van der Waals surface area contributed by atoms with E-state index < -0.39 is 38.5 Å². The second-order valence-corrected chi connectivity index (χ2v) is 15.7. The summed E-state index contributed by atoms with van der Waals surface area (Å²) < 4.78 is 70.3. The molecular weight excluding hydrogens is 866 g/mol. The van der Waals surface area contributed by atoms with E-state index in [0.29, 0.717) is 60.8 Å². The molecule has 58 heavy (non-hydrogen) atoms. The number of halogens is 1. The van der Waals surface area contributed by atoms with Gasteiger partial charge in [-0.15, -0.1) is 5.11 Å². The van der Waals surface area contributed by atoms with Gasteiger partial charge in [0, 0.05) is 35.4 Å². The first-order valence-electron chi connectivity index (χ1n) is 16.0. The van der Waals surface area contributed by atoms with Crippen molar-refractivity contribution in [2.45, 2.75) is 9.79 Å². The molecule has 0 bridgehead atoms. The molecule has 0 saturated carbocycles. The van der Waals surface area contributed by atoms with Crippen molar-refractivity contribution in [3.05, 3.63) is 83.6 Å². The van der Waals surface area contributed by atoms with Crippen LogP contribution in [-0.2, 0) is 38.5 Å². The number of benzene rings is 4. The Bertz CT molecular complexity index is 2490. The number of anilines is 4. The fraction of sp³-hybridized carbons (Fsp3) is 0.188. The topological polar surface area (TPSA) is 279 Å². The van der Waals surface area contributed by atoms with E-state index in [1.165, 1.54) is 48.5 Å². The molecule has 6 rings (SSSR count). The molecular formula is C32H27ClN8Na2O12S3. The Morgan fingerprint density at radius 2 is 1.64 bits per heavy atom. The third-order valence-electron chi connectivity index (χ3n) is 7.79. The minimum Gasteiger partial charge on any atom is -0.726 e. The summed E-state index contributed by atoms with van der Waals surface area (Å²) >= 11 is 6.67. The standard InChI is InChI=1S/C32H29ClN8O12S3.2Na/c33-30-36-31(38-32(37-30)41-11-13-50-14-12-41)35-23-7-10-25-20(17-23)18-26(54-53-52-44)27(28(25)42)40-39-22-3-1-19(2-4-22)29(43)34-21-5-8-24(9-6-21)55(45,46)16-15-51-56(47,48)49;;/h1-10,17-18,42,44H,11-16H2,(H,34,43)(H,47,48,49)(H,35,36,37,38);;/q;2*+1/p-2. The second-order valence-electron chi connectivity index (χ2n) is 11.5. The Labute approximate surface area is 384 Å². The van der Waals surface area contributed by atoms with Gasteiger partial charge in [-0.3, -0.25) is 14.0 Å². The van der Waals surface area contributed by atoms with Crippen molar-refractivity contribution >= 4 is 95.2 Å². The third-order valence-corrected chi connectivity index (χ3v) is 10.7. The minimum absolute atomic E-state index is 0. The van der Waals surface area contributed by atoms with Crippen molar-refractivity contribution < 1.29 is 114 Å². The number of sulfone groups is 1. The number of aromatic nitrogens is 3. The number of carbonyl (C=O) groups excluding carboxylic acids is 1. The van der Waals surface area contributed by atoms with Crippen LogP contribution in [0.3, 0.4) is 0 Å². The first kappa shape index (κ1) is 47.6. The van der Waals surface area contributed by atoms with Crippen LogP contribution in [0.1, 0.15) is 10.4 Å². The van der Waals surface area contributed by atoms with Gasteiger partial charge < -0.3 is 35.2 Å². The smallest absolute Gasteiger partial charge is 0.726 e. The number of azo groups is 1. The molecule has 0 radical (unpaired) electrons. The Hall–Kier alpha value is -3.08. The monoisotopic (exact) mass is 892 g/mol. The summed E-state index contributed by atoms with van der Waals surface area (Å²) in [6.07, 6.45) is 0. The van der Waals surface area contributed by atoms with E-state index >= 15 is 0 Å². The molecule has 5 aromatic rings. The first-order valence-corrected chi connectivity index (χ1v) is 20.1. The molecule has 1 aliphatic heterocycles. The third kappa shape index (κ3) is 13.0. The van der Waals surface area contributed by atoms with Crippen molar-refractivity contribution in [3.8, 4) is 5.75 Å². The maximum Gasteiger partial charge on any atom is 1.00 e. The summed E-state index contributed by atoms with van der Waals surface area (Å²) in [5, 5.41) is 40.4. The number of ether oxygens (including phenoxy) is 1. The molecule has 0 aliphatic carbocycles. The zero-order valence-corrected chi connectivity index (χ0v) is 37.6. The van der Waals surface area contributed by atoms with E-state index in [9.17, 15) is 36.5 Å². The van der Waals surface area contributed by atoms with Crippen molar-refractivity contribution in [1.82, 2.24) is 15.0 Å². The molecule has 0 unspecified atom stereocenters. The number of phenols is 1. The Balaban J connectivity index is 0.00000372. The summed E-state index contributed by atoms with van der Waals surface area (Å²) in [6, 6.07) is 17.5. The molecule has 294 valence electrons. The molecule has 4 aromatic carbocycles. The fourth-order valence-corrected chi connectivity index (χ4v) is 7.30. The van der Waals surface area contributed by atoms with Gasteiger partial charge in [-0.1, -0.05) is 0 Å². The number of hydrogen-bond donors (Lipinski definition) is 3. The molecule has 1 amide bonds.